The second-order valence-electron chi connectivity index (χ2n) is 3.94. The van der Waals surface area contributed by atoms with Crippen LogP contribution in [-0.2, 0) is 6.61 Å². The Morgan fingerprint density at radius 3 is 2.85 bits per heavy atom. The van der Waals surface area contributed by atoms with Gasteiger partial charge in [0, 0.05) is 28.3 Å². The van der Waals surface area contributed by atoms with Gasteiger partial charge in [0.05, 0.1) is 6.61 Å². The second-order valence-corrected chi connectivity index (χ2v) is 4.94. The summed E-state index contributed by atoms with van der Waals surface area (Å²) in [7, 11) is 0. The van der Waals surface area contributed by atoms with Crippen molar-refractivity contribution in [3.8, 4) is 17.6 Å². The molecule has 1 heterocycles. The van der Waals surface area contributed by atoms with Gasteiger partial charge >= 0.3 is 0 Å². The molecule has 0 aliphatic heterocycles. The van der Waals surface area contributed by atoms with Crippen molar-refractivity contribution in [2.24, 2.45) is 0 Å². The Balaban J connectivity index is 1.96. The third-order valence-corrected chi connectivity index (χ3v) is 3.30. The molecule has 2 rings (SSSR count). The summed E-state index contributed by atoms with van der Waals surface area (Å²) in [6.45, 7) is 0.242. The zero-order valence-corrected chi connectivity index (χ0v) is 11.3. The lowest BCUT2D eigenvalue weighted by Crippen LogP contribution is -1.95. The molecule has 2 aromatic rings. The molecule has 0 radical (unpaired) electrons. The van der Waals surface area contributed by atoms with E-state index in [-0.39, 0.29) is 19.0 Å². The lowest BCUT2D eigenvalue weighted by Gasteiger charge is -2.05. The zero-order valence-electron chi connectivity index (χ0n) is 10.5. The molecular weight excluding hydrogens is 282 g/mol. The average Bonchev–Trinajstić information content (AvgIpc) is 2.86. The molecule has 0 aliphatic rings. The van der Waals surface area contributed by atoms with Crippen molar-refractivity contribution in [3.63, 3.8) is 0 Å². The molecule has 1 N–H and O–H groups in total. The van der Waals surface area contributed by atoms with E-state index >= 15 is 0 Å². The first-order valence-corrected chi connectivity index (χ1v) is 6.82. The molecule has 0 atom stereocenters. The third-order valence-electron chi connectivity index (χ3n) is 2.39. The molecule has 20 heavy (non-hydrogen) atoms. The van der Waals surface area contributed by atoms with Gasteiger partial charge in [0.25, 0.3) is 0 Å². The molecule has 104 valence electrons. The van der Waals surface area contributed by atoms with E-state index in [9.17, 15) is 8.78 Å². The Labute approximate surface area is 119 Å². The largest absolute Gasteiger partial charge is 0.485 e. The van der Waals surface area contributed by atoms with Gasteiger partial charge in [0.15, 0.2) is 11.6 Å². The minimum Gasteiger partial charge on any atom is -0.485 e. The number of aliphatic hydroxyl groups excluding tert-OH is 1. The van der Waals surface area contributed by atoms with Crippen LogP contribution in [0.15, 0.2) is 29.6 Å². The summed E-state index contributed by atoms with van der Waals surface area (Å²) in [5.41, 5.74) is 0.835. The van der Waals surface area contributed by atoms with Crippen molar-refractivity contribution >= 4 is 11.3 Å². The van der Waals surface area contributed by atoms with Crippen LogP contribution in [-0.4, -0.2) is 11.7 Å². The van der Waals surface area contributed by atoms with E-state index in [1.54, 1.807) is 0 Å². The highest BCUT2D eigenvalue weighted by Gasteiger charge is 2.06. The summed E-state index contributed by atoms with van der Waals surface area (Å²) >= 11 is 1.45. The molecule has 0 saturated carbocycles. The van der Waals surface area contributed by atoms with Crippen LogP contribution in [0, 0.1) is 23.5 Å². The minimum absolute atomic E-state index is 0.0210. The predicted molar refractivity (Wildman–Crippen MR) is 73.6 cm³/mol. The SMILES string of the molecule is OCCC#Cc1csc(COc2ccc(F)cc2F)c1. The standard InChI is InChI=1S/C15H12F2O2S/c16-12-4-5-15(14(17)8-12)19-9-13-7-11(10-20-13)3-1-2-6-18/h4-5,7-8,10,18H,2,6,9H2. The summed E-state index contributed by atoms with van der Waals surface area (Å²) < 4.78 is 31.4. The van der Waals surface area contributed by atoms with Gasteiger partial charge in [-0.15, -0.1) is 11.3 Å². The number of rotatable bonds is 4. The van der Waals surface area contributed by atoms with Gasteiger partial charge in [-0.3, -0.25) is 0 Å². The highest BCUT2D eigenvalue weighted by Crippen LogP contribution is 2.21. The fourth-order valence-electron chi connectivity index (χ4n) is 1.48. The second kappa shape index (κ2) is 7.04. The number of thiophene rings is 1. The minimum atomic E-state index is -0.718. The van der Waals surface area contributed by atoms with Gasteiger partial charge in [-0.1, -0.05) is 11.8 Å². The quantitative estimate of drug-likeness (QED) is 0.876. The van der Waals surface area contributed by atoms with Crippen LogP contribution in [0.4, 0.5) is 8.78 Å². The van der Waals surface area contributed by atoms with Crippen LogP contribution in [0.3, 0.4) is 0 Å². The van der Waals surface area contributed by atoms with E-state index in [1.807, 2.05) is 11.4 Å². The first-order chi connectivity index (χ1) is 9.69. The summed E-state index contributed by atoms with van der Waals surface area (Å²) in [4.78, 5) is 0.891. The Hall–Kier alpha value is -1.90. The number of hydrogen-bond donors (Lipinski definition) is 1. The number of halogens is 2. The number of ether oxygens (including phenoxy) is 1. The topological polar surface area (TPSA) is 29.5 Å². The number of benzene rings is 1. The fraction of sp³-hybridized carbons (Fsp3) is 0.200. The first-order valence-electron chi connectivity index (χ1n) is 5.94. The number of hydrogen-bond acceptors (Lipinski definition) is 3. The molecule has 0 spiro atoms. The van der Waals surface area contributed by atoms with Crippen molar-refractivity contribution in [3.05, 3.63) is 51.7 Å². The Morgan fingerprint density at radius 1 is 1.25 bits per heavy atom. The monoisotopic (exact) mass is 294 g/mol. The predicted octanol–water partition coefficient (Wildman–Crippen LogP) is 3.34. The zero-order chi connectivity index (χ0) is 14.4. The maximum absolute atomic E-state index is 13.4. The first kappa shape index (κ1) is 14.5. The van der Waals surface area contributed by atoms with Crippen LogP contribution in [0.1, 0.15) is 16.9 Å². The van der Waals surface area contributed by atoms with Crippen LogP contribution in [0.5, 0.6) is 5.75 Å². The smallest absolute Gasteiger partial charge is 0.167 e. The lowest BCUT2D eigenvalue weighted by molar-refractivity contribution is 0.292. The molecule has 0 aliphatic carbocycles. The summed E-state index contributed by atoms with van der Waals surface area (Å²) in [6, 6.07) is 5.05. The Bertz CT molecular complexity index is 641. The molecule has 1 aromatic carbocycles. The van der Waals surface area contributed by atoms with Crippen molar-refractivity contribution in [2.75, 3.05) is 6.61 Å². The molecule has 0 amide bonds. The summed E-state index contributed by atoms with van der Waals surface area (Å²) in [6.07, 6.45) is 0.433. The van der Waals surface area contributed by atoms with Gasteiger partial charge < -0.3 is 9.84 Å². The highest BCUT2D eigenvalue weighted by atomic mass is 32.1. The van der Waals surface area contributed by atoms with Crippen LogP contribution < -0.4 is 4.74 Å². The molecule has 5 heteroatoms. The molecule has 0 saturated heterocycles. The maximum atomic E-state index is 13.4. The van der Waals surface area contributed by atoms with Gasteiger partial charge in [0.1, 0.15) is 12.4 Å². The van der Waals surface area contributed by atoms with Crippen molar-refractivity contribution in [2.45, 2.75) is 13.0 Å². The van der Waals surface area contributed by atoms with Gasteiger partial charge in [0.2, 0.25) is 0 Å². The van der Waals surface area contributed by atoms with Crippen molar-refractivity contribution in [1.29, 1.82) is 0 Å². The Kier molecular flexibility index (Phi) is 5.10. The van der Waals surface area contributed by atoms with E-state index in [0.29, 0.717) is 6.42 Å². The lowest BCUT2D eigenvalue weighted by atomic mass is 10.3. The third kappa shape index (κ3) is 4.05. The van der Waals surface area contributed by atoms with Crippen LogP contribution in [0.2, 0.25) is 0 Å². The van der Waals surface area contributed by atoms with E-state index in [0.717, 1.165) is 22.6 Å². The highest BCUT2D eigenvalue weighted by molar-refractivity contribution is 7.10. The van der Waals surface area contributed by atoms with E-state index < -0.39 is 11.6 Å². The van der Waals surface area contributed by atoms with E-state index in [1.165, 1.54) is 17.4 Å². The molecule has 1 aromatic heterocycles. The van der Waals surface area contributed by atoms with Gasteiger partial charge in [-0.25, -0.2) is 8.78 Å². The number of aliphatic hydroxyl groups is 1. The van der Waals surface area contributed by atoms with Gasteiger partial charge in [-0.2, -0.15) is 0 Å². The van der Waals surface area contributed by atoms with Gasteiger partial charge in [-0.05, 0) is 18.2 Å². The molecular formula is C15H12F2O2S. The maximum Gasteiger partial charge on any atom is 0.167 e. The molecule has 0 fully saturated rings. The van der Waals surface area contributed by atoms with E-state index in [2.05, 4.69) is 11.8 Å². The summed E-state index contributed by atoms with van der Waals surface area (Å²) in [5, 5.41) is 10.5. The summed E-state index contributed by atoms with van der Waals surface area (Å²) in [5.74, 6) is 4.39. The Morgan fingerprint density at radius 2 is 2.10 bits per heavy atom. The fourth-order valence-corrected chi connectivity index (χ4v) is 2.21. The van der Waals surface area contributed by atoms with Crippen molar-refractivity contribution < 1.29 is 18.6 Å². The average molecular weight is 294 g/mol. The van der Waals surface area contributed by atoms with Crippen LogP contribution >= 0.6 is 11.3 Å². The van der Waals surface area contributed by atoms with Crippen molar-refractivity contribution in [1.82, 2.24) is 0 Å². The van der Waals surface area contributed by atoms with Crippen LogP contribution in [0.25, 0.3) is 0 Å². The molecule has 2 nitrogen and oxygen atoms in total. The normalized spacial score (nSPS) is 9.95. The molecule has 0 unspecified atom stereocenters. The molecule has 0 bridgehead atoms. The van der Waals surface area contributed by atoms with E-state index in [4.69, 9.17) is 9.84 Å².